The standard InChI is InChI=1S/C8H17NS2/c1-6(2)8(9)7-5-10-3-4-11-7/h6-8H,3-5,9H2,1-2H3. The molecule has 1 rings (SSSR count). The Labute approximate surface area is 77.9 Å². The van der Waals surface area contributed by atoms with Crippen LogP contribution in [0.1, 0.15) is 13.8 Å². The van der Waals surface area contributed by atoms with Crippen molar-refractivity contribution in [2.24, 2.45) is 11.7 Å². The third-order valence-corrected chi connectivity index (χ3v) is 4.95. The molecule has 2 N–H and O–H groups in total. The van der Waals surface area contributed by atoms with Crippen LogP contribution in [0.25, 0.3) is 0 Å². The van der Waals surface area contributed by atoms with Crippen molar-refractivity contribution >= 4 is 23.5 Å². The number of hydrogen-bond donors (Lipinski definition) is 1. The minimum Gasteiger partial charge on any atom is -0.326 e. The van der Waals surface area contributed by atoms with E-state index in [0.29, 0.717) is 17.2 Å². The number of hydrogen-bond acceptors (Lipinski definition) is 3. The molecule has 1 fully saturated rings. The largest absolute Gasteiger partial charge is 0.326 e. The van der Waals surface area contributed by atoms with Gasteiger partial charge in [-0.25, -0.2) is 0 Å². The van der Waals surface area contributed by atoms with E-state index in [-0.39, 0.29) is 0 Å². The lowest BCUT2D eigenvalue weighted by Gasteiger charge is -2.29. The fraction of sp³-hybridized carbons (Fsp3) is 1.00. The molecule has 66 valence electrons. The highest BCUT2D eigenvalue weighted by atomic mass is 32.2. The zero-order chi connectivity index (χ0) is 8.27. The zero-order valence-corrected chi connectivity index (χ0v) is 8.88. The summed E-state index contributed by atoms with van der Waals surface area (Å²) >= 11 is 4.10. The van der Waals surface area contributed by atoms with Gasteiger partial charge in [0.25, 0.3) is 0 Å². The highest BCUT2D eigenvalue weighted by Crippen LogP contribution is 2.27. The average molecular weight is 191 g/mol. The van der Waals surface area contributed by atoms with Crippen LogP contribution >= 0.6 is 23.5 Å². The summed E-state index contributed by atoms with van der Waals surface area (Å²) in [5.74, 6) is 4.48. The summed E-state index contributed by atoms with van der Waals surface area (Å²) in [6.07, 6.45) is 0. The number of nitrogens with two attached hydrogens (primary N) is 1. The summed E-state index contributed by atoms with van der Waals surface area (Å²) < 4.78 is 0. The zero-order valence-electron chi connectivity index (χ0n) is 7.25. The topological polar surface area (TPSA) is 26.0 Å². The van der Waals surface area contributed by atoms with Crippen LogP contribution in [-0.2, 0) is 0 Å². The van der Waals surface area contributed by atoms with Gasteiger partial charge in [0.15, 0.2) is 0 Å². The van der Waals surface area contributed by atoms with Gasteiger partial charge in [0, 0.05) is 28.6 Å². The Morgan fingerprint density at radius 2 is 2.09 bits per heavy atom. The van der Waals surface area contributed by atoms with Gasteiger partial charge in [-0.15, -0.1) is 0 Å². The van der Waals surface area contributed by atoms with Gasteiger partial charge in [-0.3, -0.25) is 0 Å². The molecule has 0 spiro atoms. The molecular weight excluding hydrogens is 174 g/mol. The van der Waals surface area contributed by atoms with Crippen molar-refractivity contribution in [2.75, 3.05) is 17.3 Å². The summed E-state index contributed by atoms with van der Waals surface area (Å²) in [6, 6.07) is 0.396. The van der Waals surface area contributed by atoms with Crippen molar-refractivity contribution in [1.82, 2.24) is 0 Å². The molecule has 0 bridgehead atoms. The lowest BCUT2D eigenvalue weighted by molar-refractivity contribution is 0.492. The monoisotopic (exact) mass is 191 g/mol. The van der Waals surface area contributed by atoms with Crippen LogP contribution in [0, 0.1) is 5.92 Å². The first-order valence-corrected chi connectivity index (χ1v) is 6.37. The van der Waals surface area contributed by atoms with Crippen LogP contribution in [-0.4, -0.2) is 28.6 Å². The van der Waals surface area contributed by atoms with Crippen molar-refractivity contribution in [1.29, 1.82) is 0 Å². The van der Waals surface area contributed by atoms with E-state index in [1.807, 2.05) is 11.8 Å². The van der Waals surface area contributed by atoms with E-state index in [0.717, 1.165) is 0 Å². The first kappa shape index (κ1) is 9.75. The molecular formula is C8H17NS2. The van der Waals surface area contributed by atoms with Gasteiger partial charge in [0.1, 0.15) is 0 Å². The predicted molar refractivity (Wildman–Crippen MR) is 56.4 cm³/mol. The Kier molecular flexibility index (Phi) is 4.10. The van der Waals surface area contributed by atoms with Crippen molar-refractivity contribution in [3.63, 3.8) is 0 Å². The summed E-state index contributed by atoms with van der Waals surface area (Å²) in [5, 5.41) is 0.703. The fourth-order valence-electron chi connectivity index (χ4n) is 1.16. The Balaban J connectivity index is 2.32. The molecule has 1 saturated heterocycles. The summed E-state index contributed by atoms with van der Waals surface area (Å²) in [5.41, 5.74) is 6.06. The summed E-state index contributed by atoms with van der Waals surface area (Å²) in [7, 11) is 0. The molecule has 1 aliphatic heterocycles. The van der Waals surface area contributed by atoms with Crippen LogP contribution < -0.4 is 5.73 Å². The Morgan fingerprint density at radius 3 is 2.55 bits per heavy atom. The molecule has 0 radical (unpaired) electrons. The van der Waals surface area contributed by atoms with Gasteiger partial charge in [0.05, 0.1) is 0 Å². The molecule has 3 heteroatoms. The van der Waals surface area contributed by atoms with Gasteiger partial charge in [0.2, 0.25) is 0 Å². The molecule has 1 heterocycles. The van der Waals surface area contributed by atoms with Gasteiger partial charge in [-0.1, -0.05) is 13.8 Å². The normalized spacial score (nSPS) is 28.9. The van der Waals surface area contributed by atoms with Crippen LogP contribution in [0.15, 0.2) is 0 Å². The van der Waals surface area contributed by atoms with Gasteiger partial charge >= 0.3 is 0 Å². The molecule has 0 amide bonds. The minimum atomic E-state index is 0.396. The lowest BCUT2D eigenvalue weighted by atomic mass is 10.0. The van der Waals surface area contributed by atoms with E-state index < -0.39 is 0 Å². The van der Waals surface area contributed by atoms with Crippen LogP contribution in [0.2, 0.25) is 0 Å². The second kappa shape index (κ2) is 4.63. The first-order chi connectivity index (χ1) is 5.22. The molecule has 1 aliphatic rings. The third-order valence-electron chi connectivity index (χ3n) is 2.04. The maximum Gasteiger partial charge on any atom is 0.0292 e. The van der Waals surface area contributed by atoms with E-state index in [1.54, 1.807) is 0 Å². The molecule has 0 saturated carbocycles. The first-order valence-electron chi connectivity index (χ1n) is 4.16. The van der Waals surface area contributed by atoms with Crippen molar-refractivity contribution in [3.05, 3.63) is 0 Å². The average Bonchev–Trinajstić information content (AvgIpc) is 2.05. The molecule has 2 atom stereocenters. The molecule has 0 aromatic rings. The third kappa shape index (κ3) is 2.88. The van der Waals surface area contributed by atoms with Crippen molar-refractivity contribution in [3.8, 4) is 0 Å². The number of thioether (sulfide) groups is 2. The van der Waals surface area contributed by atoms with E-state index in [1.165, 1.54) is 17.3 Å². The van der Waals surface area contributed by atoms with Crippen molar-refractivity contribution in [2.45, 2.75) is 25.1 Å². The number of rotatable bonds is 2. The maximum atomic E-state index is 6.06. The van der Waals surface area contributed by atoms with E-state index in [9.17, 15) is 0 Å². The Bertz CT molecular complexity index is 111. The fourth-order valence-corrected chi connectivity index (χ4v) is 4.15. The summed E-state index contributed by atoms with van der Waals surface area (Å²) in [6.45, 7) is 4.43. The molecule has 11 heavy (non-hydrogen) atoms. The Morgan fingerprint density at radius 1 is 1.36 bits per heavy atom. The highest BCUT2D eigenvalue weighted by molar-refractivity contribution is 8.06. The maximum absolute atomic E-state index is 6.06. The van der Waals surface area contributed by atoms with Crippen LogP contribution in [0.5, 0.6) is 0 Å². The van der Waals surface area contributed by atoms with E-state index in [4.69, 9.17) is 5.73 Å². The molecule has 0 aromatic heterocycles. The van der Waals surface area contributed by atoms with E-state index in [2.05, 4.69) is 25.6 Å². The quantitative estimate of drug-likeness (QED) is 0.721. The second-order valence-electron chi connectivity index (χ2n) is 3.31. The molecule has 2 unspecified atom stereocenters. The highest BCUT2D eigenvalue weighted by Gasteiger charge is 2.23. The predicted octanol–water partition coefficient (Wildman–Crippen LogP) is 1.82. The van der Waals surface area contributed by atoms with E-state index >= 15 is 0 Å². The second-order valence-corrected chi connectivity index (χ2v) is 5.80. The SMILES string of the molecule is CC(C)C(N)C1CSCCS1. The van der Waals surface area contributed by atoms with Crippen LogP contribution in [0.4, 0.5) is 0 Å². The smallest absolute Gasteiger partial charge is 0.0292 e. The lowest BCUT2D eigenvalue weighted by Crippen LogP contribution is -2.40. The van der Waals surface area contributed by atoms with Gasteiger partial charge < -0.3 is 5.73 Å². The summed E-state index contributed by atoms with van der Waals surface area (Å²) in [4.78, 5) is 0. The van der Waals surface area contributed by atoms with Gasteiger partial charge in [-0.05, 0) is 5.92 Å². The van der Waals surface area contributed by atoms with Gasteiger partial charge in [-0.2, -0.15) is 23.5 Å². The van der Waals surface area contributed by atoms with Crippen molar-refractivity contribution < 1.29 is 0 Å². The Hall–Kier alpha value is 0.660. The molecule has 1 nitrogen and oxygen atoms in total. The van der Waals surface area contributed by atoms with Crippen LogP contribution in [0.3, 0.4) is 0 Å². The molecule has 0 aromatic carbocycles. The minimum absolute atomic E-state index is 0.396. The molecule has 0 aliphatic carbocycles.